The first-order chi connectivity index (χ1) is 12.9. The SMILES string of the molecule is CN=C(N)N(C#N)CCC(N)c1cc(C(N)CCN(C#N)C(N)=NC)sn1. The maximum Gasteiger partial charge on any atom is 0.204 e. The van der Waals surface area contributed by atoms with E-state index in [2.05, 4.69) is 14.4 Å². The van der Waals surface area contributed by atoms with E-state index in [0.29, 0.717) is 31.6 Å². The minimum atomic E-state index is -0.360. The van der Waals surface area contributed by atoms with Crippen molar-refractivity contribution in [2.24, 2.45) is 32.9 Å². The number of guanidine groups is 2. The summed E-state index contributed by atoms with van der Waals surface area (Å²) in [5, 5.41) is 18.1. The Morgan fingerprint density at radius 1 is 1.07 bits per heavy atom. The molecule has 0 aliphatic heterocycles. The van der Waals surface area contributed by atoms with Crippen molar-refractivity contribution >= 4 is 23.5 Å². The highest BCUT2D eigenvalue weighted by Crippen LogP contribution is 2.24. The molecule has 1 aromatic rings. The molecule has 11 nitrogen and oxygen atoms in total. The number of aromatic nitrogens is 1. The highest BCUT2D eigenvalue weighted by molar-refractivity contribution is 7.05. The van der Waals surface area contributed by atoms with Crippen LogP contribution in [-0.4, -0.2) is 53.3 Å². The Labute approximate surface area is 162 Å². The smallest absolute Gasteiger partial charge is 0.204 e. The van der Waals surface area contributed by atoms with E-state index in [4.69, 9.17) is 33.5 Å². The summed E-state index contributed by atoms with van der Waals surface area (Å²) < 4.78 is 4.35. The molecule has 8 N–H and O–H groups in total. The van der Waals surface area contributed by atoms with Gasteiger partial charge in [0.2, 0.25) is 11.9 Å². The summed E-state index contributed by atoms with van der Waals surface area (Å²) in [5.41, 5.74) is 24.3. The van der Waals surface area contributed by atoms with Gasteiger partial charge in [0.15, 0.2) is 12.4 Å². The fourth-order valence-electron chi connectivity index (χ4n) is 2.15. The van der Waals surface area contributed by atoms with Crippen molar-refractivity contribution in [3.63, 3.8) is 0 Å². The van der Waals surface area contributed by atoms with Crippen LogP contribution < -0.4 is 22.9 Å². The number of rotatable bonds is 8. The molecule has 0 bridgehead atoms. The predicted octanol–water partition coefficient (Wildman–Crippen LogP) is -0.622. The summed E-state index contributed by atoms with van der Waals surface area (Å²) >= 11 is 1.27. The molecule has 0 saturated heterocycles. The van der Waals surface area contributed by atoms with Crippen molar-refractivity contribution in [1.82, 2.24) is 14.2 Å². The molecule has 0 saturated carbocycles. The average Bonchev–Trinajstić information content (AvgIpc) is 3.18. The molecule has 0 fully saturated rings. The highest BCUT2D eigenvalue weighted by atomic mass is 32.1. The van der Waals surface area contributed by atoms with Crippen LogP contribution in [-0.2, 0) is 0 Å². The highest BCUT2D eigenvalue weighted by Gasteiger charge is 2.18. The first-order valence-corrected chi connectivity index (χ1v) is 8.91. The molecule has 12 heteroatoms. The lowest BCUT2D eigenvalue weighted by molar-refractivity contribution is 0.496. The van der Waals surface area contributed by atoms with E-state index in [1.807, 2.05) is 18.5 Å². The van der Waals surface area contributed by atoms with Gasteiger partial charge in [-0.2, -0.15) is 14.9 Å². The average molecular weight is 392 g/mol. The van der Waals surface area contributed by atoms with Gasteiger partial charge in [-0.1, -0.05) is 0 Å². The molecular formula is C15H25N11S. The van der Waals surface area contributed by atoms with E-state index in [1.54, 1.807) is 0 Å². The molecule has 0 aliphatic rings. The standard InChI is InChI=1S/C15H25N11S/c1-22-14(20)25(8-16)5-3-10(18)12-7-13(27-24-12)11(19)4-6-26(9-17)15(21)23-2/h7,10-11H,3-6,18-19H2,1-2H3,(H2,20,22)(H2,21,23). The number of hydrogen-bond acceptors (Lipinski definition) is 8. The van der Waals surface area contributed by atoms with Crippen molar-refractivity contribution < 1.29 is 0 Å². The molecule has 0 radical (unpaired) electrons. The maximum absolute atomic E-state index is 9.07. The summed E-state index contributed by atoms with van der Waals surface area (Å²) in [5.74, 6) is 0.288. The van der Waals surface area contributed by atoms with E-state index >= 15 is 0 Å². The van der Waals surface area contributed by atoms with Gasteiger partial charge in [0.25, 0.3) is 0 Å². The van der Waals surface area contributed by atoms with Crippen LogP contribution in [0.2, 0.25) is 0 Å². The minimum absolute atomic E-state index is 0.141. The van der Waals surface area contributed by atoms with Gasteiger partial charge in [0.05, 0.1) is 5.69 Å². The van der Waals surface area contributed by atoms with Gasteiger partial charge in [-0.05, 0) is 30.4 Å². The number of nitrogens with two attached hydrogens (primary N) is 4. The minimum Gasteiger partial charge on any atom is -0.369 e. The Kier molecular flexibility index (Phi) is 8.95. The molecule has 0 aliphatic carbocycles. The zero-order valence-electron chi connectivity index (χ0n) is 15.4. The van der Waals surface area contributed by atoms with Gasteiger partial charge in [0, 0.05) is 44.1 Å². The summed E-state index contributed by atoms with van der Waals surface area (Å²) in [7, 11) is 3.03. The van der Waals surface area contributed by atoms with Gasteiger partial charge in [-0.25, -0.2) is 9.80 Å². The van der Waals surface area contributed by atoms with E-state index < -0.39 is 0 Å². The normalized spacial score (nSPS) is 14.1. The molecule has 1 rings (SSSR count). The van der Waals surface area contributed by atoms with Crippen LogP contribution in [0.1, 0.15) is 35.5 Å². The van der Waals surface area contributed by atoms with Crippen LogP contribution in [0.5, 0.6) is 0 Å². The van der Waals surface area contributed by atoms with Crippen molar-refractivity contribution in [3.8, 4) is 12.4 Å². The van der Waals surface area contributed by atoms with Crippen molar-refractivity contribution in [2.75, 3.05) is 27.2 Å². The molecule has 1 aromatic heterocycles. The number of aliphatic imine (C=N–C) groups is 2. The van der Waals surface area contributed by atoms with E-state index in [-0.39, 0.29) is 24.0 Å². The topological polar surface area (TPSA) is 196 Å². The number of nitrogens with zero attached hydrogens (tertiary/aromatic N) is 7. The molecule has 27 heavy (non-hydrogen) atoms. The van der Waals surface area contributed by atoms with Crippen LogP contribution in [0.15, 0.2) is 16.1 Å². The summed E-state index contributed by atoms with van der Waals surface area (Å²) in [6.45, 7) is 0.694. The lowest BCUT2D eigenvalue weighted by atomic mass is 10.1. The van der Waals surface area contributed by atoms with E-state index in [1.165, 1.54) is 35.4 Å². The monoisotopic (exact) mass is 391 g/mol. The van der Waals surface area contributed by atoms with Crippen LogP contribution in [0.25, 0.3) is 0 Å². The summed E-state index contributed by atoms with van der Waals surface area (Å²) in [6, 6.07) is 1.19. The second-order valence-electron chi connectivity index (χ2n) is 5.61. The molecule has 0 aromatic carbocycles. The Morgan fingerprint density at radius 2 is 1.56 bits per heavy atom. The lowest BCUT2D eigenvalue weighted by Crippen LogP contribution is -2.35. The zero-order valence-corrected chi connectivity index (χ0v) is 16.2. The molecule has 1 heterocycles. The van der Waals surface area contributed by atoms with Gasteiger partial charge < -0.3 is 22.9 Å². The number of nitriles is 2. The third kappa shape index (κ3) is 6.38. The second kappa shape index (κ2) is 10.9. The maximum atomic E-state index is 9.07. The van der Waals surface area contributed by atoms with Gasteiger partial charge in [0.1, 0.15) is 0 Å². The molecule has 2 atom stereocenters. The van der Waals surface area contributed by atoms with Crippen molar-refractivity contribution in [3.05, 3.63) is 16.6 Å². The Hall–Kier alpha value is -2.93. The van der Waals surface area contributed by atoms with E-state index in [9.17, 15) is 0 Å². The fourth-order valence-corrected chi connectivity index (χ4v) is 2.98. The molecule has 146 valence electrons. The second-order valence-corrected chi connectivity index (χ2v) is 6.45. The fraction of sp³-hybridized carbons (Fsp3) is 0.533. The van der Waals surface area contributed by atoms with Gasteiger partial charge in [-0.15, -0.1) is 0 Å². The molecular weight excluding hydrogens is 366 g/mol. The third-order valence-electron chi connectivity index (χ3n) is 3.87. The molecule has 2 unspecified atom stereocenters. The quantitative estimate of drug-likeness (QED) is 0.193. The van der Waals surface area contributed by atoms with Gasteiger partial charge in [-0.3, -0.25) is 9.98 Å². The van der Waals surface area contributed by atoms with Crippen LogP contribution >= 0.6 is 11.5 Å². The van der Waals surface area contributed by atoms with Crippen molar-refractivity contribution in [2.45, 2.75) is 24.9 Å². The Balaban J connectivity index is 2.63. The predicted molar refractivity (Wildman–Crippen MR) is 105 cm³/mol. The molecule has 0 spiro atoms. The van der Waals surface area contributed by atoms with Crippen LogP contribution in [0.4, 0.5) is 0 Å². The third-order valence-corrected chi connectivity index (χ3v) is 4.81. The van der Waals surface area contributed by atoms with Gasteiger partial charge >= 0.3 is 0 Å². The van der Waals surface area contributed by atoms with Crippen LogP contribution in [0.3, 0.4) is 0 Å². The molecule has 0 amide bonds. The number of hydrogen-bond donors (Lipinski definition) is 4. The summed E-state index contributed by atoms with van der Waals surface area (Å²) in [6.07, 6.45) is 4.92. The van der Waals surface area contributed by atoms with Crippen molar-refractivity contribution in [1.29, 1.82) is 10.5 Å². The van der Waals surface area contributed by atoms with Crippen LogP contribution in [0, 0.1) is 22.9 Å². The van der Waals surface area contributed by atoms with E-state index in [0.717, 1.165) is 4.88 Å². The lowest BCUT2D eigenvalue weighted by Gasteiger charge is -2.16. The Bertz CT molecular complexity index is 681. The first-order valence-electron chi connectivity index (χ1n) is 8.14. The first kappa shape index (κ1) is 22.1. The summed E-state index contributed by atoms with van der Waals surface area (Å²) in [4.78, 5) is 11.0. The zero-order chi connectivity index (χ0) is 20.4. The Morgan fingerprint density at radius 3 is 2.00 bits per heavy atom. The largest absolute Gasteiger partial charge is 0.369 e.